The Morgan fingerprint density at radius 1 is 1.29 bits per heavy atom. The lowest BCUT2D eigenvalue weighted by Crippen LogP contribution is -2.44. The predicted octanol–water partition coefficient (Wildman–Crippen LogP) is 4.15. The first kappa shape index (κ1) is 25.1. The lowest BCUT2D eigenvalue weighted by Gasteiger charge is -2.34. The van der Waals surface area contributed by atoms with Crippen LogP contribution in [0.15, 0.2) is 29.2 Å². The minimum atomic E-state index is -3.11. The molecule has 1 saturated carbocycles. The van der Waals surface area contributed by atoms with E-state index in [1.165, 1.54) is 10.8 Å². The summed E-state index contributed by atoms with van der Waals surface area (Å²) in [6, 6.07) is 4.16. The molecule has 38 heavy (non-hydrogen) atoms. The molecule has 0 amide bonds. The zero-order chi connectivity index (χ0) is 26.8. The standard InChI is InChI=1S/C26H29ClF2N6O3/c1-13-7-16(36)11-35(10-13)25-30-9-18(27)23(33-25)31-15-5-6-19-17(8-15)20-21(24(37)34(19)2)38-12-26(28,29)22(32-20)14-3-4-14/h5-6,8-9,13-14,16,22,32,36H,3-4,7,10-12H2,1-2H3,(H,30,31,33)/t13-,16+,22-/m0/s1. The Labute approximate surface area is 222 Å². The van der Waals surface area contributed by atoms with Gasteiger partial charge in [-0.1, -0.05) is 18.5 Å². The average molecular weight is 547 g/mol. The third kappa shape index (κ3) is 4.51. The average Bonchev–Trinajstić information content (AvgIpc) is 3.71. The van der Waals surface area contributed by atoms with Crippen LogP contribution in [0.2, 0.25) is 5.02 Å². The number of pyridine rings is 1. The fourth-order valence-electron chi connectivity index (χ4n) is 5.50. The summed E-state index contributed by atoms with van der Waals surface area (Å²) in [6.07, 6.45) is 3.19. The van der Waals surface area contributed by atoms with Crippen molar-refractivity contribution in [1.29, 1.82) is 0 Å². The Hall–Kier alpha value is -3.18. The van der Waals surface area contributed by atoms with Gasteiger partial charge >= 0.3 is 5.92 Å². The number of benzene rings is 1. The highest BCUT2D eigenvalue weighted by Gasteiger charge is 2.51. The van der Waals surface area contributed by atoms with Crippen molar-refractivity contribution in [1.82, 2.24) is 14.5 Å². The van der Waals surface area contributed by atoms with Crippen LogP contribution in [-0.4, -0.2) is 57.4 Å². The molecule has 3 aliphatic rings. The molecule has 4 heterocycles. The van der Waals surface area contributed by atoms with Gasteiger partial charge in [0.2, 0.25) is 11.7 Å². The van der Waals surface area contributed by atoms with Crippen molar-refractivity contribution in [3.63, 3.8) is 0 Å². The van der Waals surface area contributed by atoms with E-state index >= 15 is 0 Å². The number of β-amino-alcohol motifs (C(OH)–C–C–N with tert-alkyl or cyclic N) is 1. The van der Waals surface area contributed by atoms with E-state index in [0.29, 0.717) is 65.2 Å². The van der Waals surface area contributed by atoms with Crippen molar-refractivity contribution in [2.45, 2.75) is 44.3 Å². The number of nitrogens with zero attached hydrogens (tertiary/aromatic N) is 4. The van der Waals surface area contributed by atoms with E-state index in [9.17, 15) is 18.7 Å². The molecule has 2 aromatic heterocycles. The number of alkyl halides is 2. The summed E-state index contributed by atoms with van der Waals surface area (Å²) < 4.78 is 36.7. The highest BCUT2D eigenvalue weighted by Crippen LogP contribution is 2.45. The monoisotopic (exact) mass is 546 g/mol. The first-order valence-electron chi connectivity index (χ1n) is 12.8. The summed E-state index contributed by atoms with van der Waals surface area (Å²) in [5.74, 6) is -2.29. The number of halogens is 3. The molecule has 0 spiro atoms. The number of fused-ring (bicyclic) bond motifs is 3. The molecule has 3 N–H and O–H groups in total. The molecular weight excluding hydrogens is 518 g/mol. The smallest absolute Gasteiger partial charge is 0.301 e. The van der Waals surface area contributed by atoms with E-state index < -0.39 is 30.2 Å². The van der Waals surface area contributed by atoms with Crippen LogP contribution in [-0.2, 0) is 7.05 Å². The number of hydrogen-bond donors (Lipinski definition) is 3. The maximum absolute atomic E-state index is 14.9. The number of ether oxygens (including phenoxy) is 1. The molecule has 0 bridgehead atoms. The highest BCUT2D eigenvalue weighted by molar-refractivity contribution is 6.32. The number of aryl methyl sites for hydroxylation is 1. The molecule has 0 unspecified atom stereocenters. The molecule has 12 heteroatoms. The van der Waals surface area contributed by atoms with Gasteiger partial charge in [-0.05, 0) is 49.3 Å². The normalized spacial score (nSPS) is 24.8. The Bertz CT molecular complexity index is 1450. The number of piperidine rings is 1. The molecule has 9 nitrogen and oxygen atoms in total. The quantitative estimate of drug-likeness (QED) is 0.448. The minimum Gasteiger partial charge on any atom is -0.480 e. The summed E-state index contributed by atoms with van der Waals surface area (Å²) >= 11 is 6.42. The molecule has 6 rings (SSSR count). The predicted molar refractivity (Wildman–Crippen MR) is 142 cm³/mol. The first-order valence-corrected chi connectivity index (χ1v) is 13.1. The number of aliphatic hydroxyl groups excluding tert-OH is 1. The molecule has 1 aliphatic carbocycles. The molecule has 2 aliphatic heterocycles. The van der Waals surface area contributed by atoms with E-state index in [-0.39, 0.29) is 17.4 Å². The fourth-order valence-corrected chi connectivity index (χ4v) is 5.64. The van der Waals surface area contributed by atoms with Gasteiger partial charge in [-0.3, -0.25) is 4.79 Å². The Kier molecular flexibility index (Phi) is 6.10. The van der Waals surface area contributed by atoms with Crippen molar-refractivity contribution in [3.8, 4) is 5.75 Å². The van der Waals surface area contributed by atoms with Crippen LogP contribution in [0, 0.1) is 11.8 Å². The largest absolute Gasteiger partial charge is 0.480 e. The van der Waals surface area contributed by atoms with Gasteiger partial charge in [0.1, 0.15) is 5.02 Å². The second kappa shape index (κ2) is 9.23. The molecule has 3 atom stereocenters. The van der Waals surface area contributed by atoms with Gasteiger partial charge in [0.05, 0.1) is 29.5 Å². The zero-order valence-corrected chi connectivity index (χ0v) is 21.8. The summed E-state index contributed by atoms with van der Waals surface area (Å²) in [5.41, 5.74) is 0.958. The Balaban J connectivity index is 1.38. The van der Waals surface area contributed by atoms with Crippen LogP contribution in [0.25, 0.3) is 10.9 Å². The van der Waals surface area contributed by atoms with Crippen LogP contribution in [0.5, 0.6) is 5.75 Å². The van der Waals surface area contributed by atoms with Crippen molar-refractivity contribution >= 4 is 45.6 Å². The van der Waals surface area contributed by atoms with Gasteiger partial charge in [0, 0.05) is 31.2 Å². The van der Waals surface area contributed by atoms with Gasteiger partial charge in [0.15, 0.2) is 12.4 Å². The van der Waals surface area contributed by atoms with Gasteiger partial charge in [-0.2, -0.15) is 4.98 Å². The second-order valence-electron chi connectivity index (χ2n) is 10.7. The number of aliphatic hydroxyl groups is 1. The van der Waals surface area contributed by atoms with Gasteiger partial charge in [0.25, 0.3) is 5.56 Å². The number of aromatic nitrogens is 3. The van der Waals surface area contributed by atoms with E-state index in [1.54, 1.807) is 25.2 Å². The SMILES string of the molecule is C[C@H]1C[C@@H](O)CN(c2ncc(Cl)c(Nc3ccc4c(c3)c3c(c(=O)n4C)OCC(F)(F)[C@H](C4CC4)N3)n2)C1. The van der Waals surface area contributed by atoms with Crippen LogP contribution in [0.3, 0.4) is 0 Å². The molecule has 202 valence electrons. The van der Waals surface area contributed by atoms with E-state index in [1.807, 2.05) is 4.90 Å². The Morgan fingerprint density at radius 3 is 2.82 bits per heavy atom. The highest BCUT2D eigenvalue weighted by atomic mass is 35.5. The molecule has 1 saturated heterocycles. The number of rotatable bonds is 4. The Morgan fingerprint density at radius 2 is 2.08 bits per heavy atom. The first-order chi connectivity index (χ1) is 18.1. The maximum atomic E-state index is 14.9. The van der Waals surface area contributed by atoms with Crippen LogP contribution >= 0.6 is 11.6 Å². The van der Waals surface area contributed by atoms with E-state index in [4.69, 9.17) is 16.3 Å². The van der Waals surface area contributed by atoms with Crippen molar-refractivity contribution in [3.05, 3.63) is 39.8 Å². The zero-order valence-electron chi connectivity index (χ0n) is 21.0. The number of anilines is 4. The molecule has 2 fully saturated rings. The lowest BCUT2D eigenvalue weighted by atomic mass is 9.98. The maximum Gasteiger partial charge on any atom is 0.301 e. The van der Waals surface area contributed by atoms with Gasteiger partial charge in [-0.15, -0.1) is 0 Å². The molecule has 3 aromatic rings. The summed E-state index contributed by atoms with van der Waals surface area (Å²) in [7, 11) is 1.59. The van der Waals surface area contributed by atoms with Crippen molar-refractivity contribution in [2.24, 2.45) is 18.9 Å². The van der Waals surface area contributed by atoms with E-state index in [2.05, 4.69) is 27.5 Å². The summed E-state index contributed by atoms with van der Waals surface area (Å²) in [6.45, 7) is 2.36. The minimum absolute atomic E-state index is 0.111. The topological polar surface area (TPSA) is 105 Å². The van der Waals surface area contributed by atoms with Crippen molar-refractivity contribution in [2.75, 3.05) is 35.2 Å². The van der Waals surface area contributed by atoms with Crippen LogP contribution < -0.4 is 25.8 Å². The molecule has 0 radical (unpaired) electrons. The van der Waals surface area contributed by atoms with Crippen molar-refractivity contribution < 1.29 is 18.6 Å². The molecule has 1 aromatic carbocycles. The number of nitrogens with one attached hydrogen (secondary N) is 2. The third-order valence-electron chi connectivity index (χ3n) is 7.53. The van der Waals surface area contributed by atoms with Gasteiger partial charge in [-0.25, -0.2) is 13.8 Å². The second-order valence-corrected chi connectivity index (χ2v) is 11.1. The van der Waals surface area contributed by atoms with Gasteiger partial charge < -0.3 is 29.9 Å². The van der Waals surface area contributed by atoms with Crippen LogP contribution in [0.1, 0.15) is 26.2 Å². The summed E-state index contributed by atoms with van der Waals surface area (Å²) in [4.78, 5) is 23.9. The summed E-state index contributed by atoms with van der Waals surface area (Å²) in [5, 5.41) is 17.3. The lowest BCUT2D eigenvalue weighted by molar-refractivity contribution is -0.0579. The van der Waals surface area contributed by atoms with E-state index in [0.717, 1.165) is 6.42 Å². The third-order valence-corrected chi connectivity index (χ3v) is 7.80. The van der Waals surface area contributed by atoms with Crippen LogP contribution in [0.4, 0.5) is 31.9 Å². The molecular formula is C26H29ClF2N6O3. The fraction of sp³-hybridized carbons (Fsp3) is 0.500. The number of hydrogen-bond acceptors (Lipinski definition) is 8.